The molecule has 9 aromatic carbocycles. The summed E-state index contributed by atoms with van der Waals surface area (Å²) >= 11 is 0. The molecule has 0 aliphatic carbocycles. The first-order valence-electron chi connectivity index (χ1n) is 17.4. The van der Waals surface area contributed by atoms with Gasteiger partial charge in [0.05, 0.1) is 33.5 Å². The molecule has 0 amide bonds. The number of para-hydroxylation sites is 3. The molecule has 0 saturated heterocycles. The third kappa shape index (κ3) is 4.12. The van der Waals surface area contributed by atoms with Crippen molar-refractivity contribution in [3.63, 3.8) is 0 Å². The van der Waals surface area contributed by atoms with Crippen LogP contribution in [0.2, 0.25) is 0 Å². The SMILES string of the molecule is c1ccc(-c2ccc(-c3nc4ccccc4nc3-c3ccc4c5ccc6ccccc6c5c5cccc6c5c4c3n6-c3ccccc3)cc2)cc1. The normalized spacial score (nSPS) is 11.9. The summed E-state index contributed by atoms with van der Waals surface area (Å²) in [7, 11) is 0. The smallest absolute Gasteiger partial charge is 0.0994 e. The van der Waals surface area contributed by atoms with Crippen molar-refractivity contribution >= 4 is 65.2 Å². The van der Waals surface area contributed by atoms with Gasteiger partial charge < -0.3 is 4.57 Å². The third-order valence-electron chi connectivity index (χ3n) is 10.5. The van der Waals surface area contributed by atoms with E-state index in [0.29, 0.717) is 0 Å². The highest BCUT2D eigenvalue weighted by molar-refractivity contribution is 6.39. The summed E-state index contributed by atoms with van der Waals surface area (Å²) in [4.78, 5) is 10.8. The van der Waals surface area contributed by atoms with E-state index in [9.17, 15) is 0 Å². The Morgan fingerprint density at radius 2 is 0.961 bits per heavy atom. The minimum atomic E-state index is 0.871. The zero-order valence-corrected chi connectivity index (χ0v) is 27.6. The number of benzene rings is 9. The Morgan fingerprint density at radius 1 is 0.353 bits per heavy atom. The number of rotatable bonds is 4. The highest BCUT2D eigenvalue weighted by Gasteiger charge is 2.25. The highest BCUT2D eigenvalue weighted by atomic mass is 15.0. The zero-order valence-electron chi connectivity index (χ0n) is 27.6. The summed E-state index contributed by atoms with van der Waals surface area (Å²) in [5, 5.41) is 10.1. The van der Waals surface area contributed by atoms with E-state index in [1.54, 1.807) is 0 Å². The highest BCUT2D eigenvalue weighted by Crippen LogP contribution is 2.48. The molecule has 3 heteroatoms. The molecular formula is C48H29N3. The van der Waals surface area contributed by atoms with Crippen molar-refractivity contribution in [2.24, 2.45) is 0 Å². The molecular weight excluding hydrogens is 619 g/mol. The minimum Gasteiger partial charge on any atom is -0.309 e. The van der Waals surface area contributed by atoms with Crippen LogP contribution in [0.15, 0.2) is 176 Å². The Balaban J connectivity index is 1.28. The van der Waals surface area contributed by atoms with E-state index in [2.05, 4.69) is 168 Å². The first-order chi connectivity index (χ1) is 25.3. The summed E-state index contributed by atoms with van der Waals surface area (Å²) in [6.45, 7) is 0. The van der Waals surface area contributed by atoms with Gasteiger partial charge in [0.1, 0.15) is 0 Å². The minimum absolute atomic E-state index is 0.871. The fourth-order valence-electron chi connectivity index (χ4n) is 8.28. The number of nitrogens with zero attached hydrogens (tertiary/aromatic N) is 3. The summed E-state index contributed by atoms with van der Waals surface area (Å²) in [6, 6.07) is 62.9. The van der Waals surface area contributed by atoms with Crippen LogP contribution in [0.5, 0.6) is 0 Å². The van der Waals surface area contributed by atoms with Crippen molar-refractivity contribution in [1.29, 1.82) is 0 Å². The van der Waals surface area contributed by atoms with Gasteiger partial charge in [0.2, 0.25) is 0 Å². The molecule has 0 atom stereocenters. The Labute approximate surface area is 294 Å². The maximum absolute atomic E-state index is 5.44. The largest absolute Gasteiger partial charge is 0.309 e. The molecule has 11 rings (SSSR count). The molecule has 0 fully saturated rings. The molecule has 51 heavy (non-hydrogen) atoms. The molecule has 0 saturated carbocycles. The summed E-state index contributed by atoms with van der Waals surface area (Å²) in [5.41, 5.74) is 11.4. The second kappa shape index (κ2) is 10.8. The molecule has 0 N–H and O–H groups in total. The number of aromatic nitrogens is 3. The third-order valence-corrected chi connectivity index (χ3v) is 10.5. The van der Waals surface area contributed by atoms with E-state index >= 15 is 0 Å². The van der Waals surface area contributed by atoms with Gasteiger partial charge in [-0.05, 0) is 79.8 Å². The standard InChI is InChI=1S/C48H29N3/c1-3-12-30(13-4-1)31-22-24-33(25-23-31)46-47(50-41-20-10-9-19-40(41)49-46)39-29-28-37-36-27-26-32-14-7-8-17-35(32)43(36)38-18-11-21-42-44(38)45(37)48(39)51(42)34-15-5-2-6-16-34/h1-29H. The van der Waals surface area contributed by atoms with Crippen molar-refractivity contribution in [3.05, 3.63) is 176 Å². The molecule has 2 aromatic heterocycles. The van der Waals surface area contributed by atoms with Crippen LogP contribution >= 0.6 is 0 Å². The lowest BCUT2D eigenvalue weighted by atomic mass is 9.89. The van der Waals surface area contributed by atoms with Crippen molar-refractivity contribution in [1.82, 2.24) is 14.5 Å². The van der Waals surface area contributed by atoms with Crippen LogP contribution in [0.4, 0.5) is 0 Å². The first-order valence-corrected chi connectivity index (χ1v) is 17.4. The van der Waals surface area contributed by atoms with Gasteiger partial charge in [0.15, 0.2) is 0 Å². The van der Waals surface area contributed by atoms with E-state index < -0.39 is 0 Å². The van der Waals surface area contributed by atoms with Crippen molar-refractivity contribution in [3.8, 4) is 39.3 Å². The van der Waals surface area contributed by atoms with Crippen LogP contribution in [0, 0.1) is 0 Å². The van der Waals surface area contributed by atoms with Gasteiger partial charge in [-0.3, -0.25) is 0 Å². The molecule has 2 heterocycles. The molecule has 0 radical (unpaired) electrons. The molecule has 0 aliphatic heterocycles. The van der Waals surface area contributed by atoms with Gasteiger partial charge in [-0.2, -0.15) is 0 Å². The van der Waals surface area contributed by atoms with E-state index in [4.69, 9.17) is 9.97 Å². The van der Waals surface area contributed by atoms with Crippen LogP contribution < -0.4 is 0 Å². The van der Waals surface area contributed by atoms with Gasteiger partial charge in [0, 0.05) is 27.6 Å². The van der Waals surface area contributed by atoms with Gasteiger partial charge in [-0.1, -0.05) is 140 Å². The lowest BCUT2D eigenvalue weighted by molar-refractivity contribution is 1.18. The Kier molecular flexibility index (Phi) is 5.96. The van der Waals surface area contributed by atoms with Crippen LogP contribution in [0.3, 0.4) is 0 Å². The van der Waals surface area contributed by atoms with Crippen LogP contribution in [0.1, 0.15) is 0 Å². The molecule has 11 aromatic rings. The fraction of sp³-hybridized carbons (Fsp3) is 0. The van der Waals surface area contributed by atoms with Crippen LogP contribution in [0.25, 0.3) is 104 Å². The van der Waals surface area contributed by atoms with Crippen molar-refractivity contribution in [2.75, 3.05) is 0 Å². The molecule has 3 nitrogen and oxygen atoms in total. The fourth-order valence-corrected chi connectivity index (χ4v) is 8.28. The average Bonchev–Trinajstić information content (AvgIpc) is 3.56. The number of fused-ring (bicyclic) bond motifs is 6. The van der Waals surface area contributed by atoms with Gasteiger partial charge in [0.25, 0.3) is 0 Å². The second-order valence-corrected chi connectivity index (χ2v) is 13.3. The van der Waals surface area contributed by atoms with Gasteiger partial charge in [-0.25, -0.2) is 9.97 Å². The Morgan fingerprint density at radius 3 is 1.76 bits per heavy atom. The van der Waals surface area contributed by atoms with Crippen molar-refractivity contribution < 1.29 is 0 Å². The Bertz CT molecular complexity index is 3110. The predicted molar refractivity (Wildman–Crippen MR) is 214 cm³/mol. The summed E-state index contributed by atoms with van der Waals surface area (Å²) in [5.74, 6) is 0. The zero-order chi connectivity index (χ0) is 33.5. The van der Waals surface area contributed by atoms with Gasteiger partial charge >= 0.3 is 0 Å². The second-order valence-electron chi connectivity index (χ2n) is 13.3. The molecule has 0 unspecified atom stereocenters. The molecule has 0 spiro atoms. The van der Waals surface area contributed by atoms with Crippen LogP contribution in [-0.4, -0.2) is 14.5 Å². The summed E-state index contributed by atoms with van der Waals surface area (Å²) < 4.78 is 2.44. The molecule has 0 aliphatic rings. The quantitative estimate of drug-likeness (QED) is 0.178. The summed E-state index contributed by atoms with van der Waals surface area (Å²) in [6.07, 6.45) is 0. The average molecular weight is 648 g/mol. The molecule has 0 bridgehead atoms. The monoisotopic (exact) mass is 647 g/mol. The van der Waals surface area contributed by atoms with Crippen LogP contribution in [-0.2, 0) is 0 Å². The maximum atomic E-state index is 5.44. The van der Waals surface area contributed by atoms with Gasteiger partial charge in [-0.15, -0.1) is 0 Å². The van der Waals surface area contributed by atoms with Crippen molar-refractivity contribution in [2.45, 2.75) is 0 Å². The lowest BCUT2D eigenvalue weighted by Gasteiger charge is -2.16. The Hall–Kier alpha value is -6.84. The maximum Gasteiger partial charge on any atom is 0.0994 e. The predicted octanol–water partition coefficient (Wildman–Crippen LogP) is 12.6. The number of hydrogen-bond acceptors (Lipinski definition) is 2. The molecule has 236 valence electrons. The van der Waals surface area contributed by atoms with E-state index in [0.717, 1.165) is 44.8 Å². The topological polar surface area (TPSA) is 30.7 Å². The van der Waals surface area contributed by atoms with E-state index in [1.807, 2.05) is 12.1 Å². The first kappa shape index (κ1) is 28.0. The van der Waals surface area contributed by atoms with E-state index in [1.165, 1.54) is 59.7 Å². The van der Waals surface area contributed by atoms with E-state index in [-0.39, 0.29) is 0 Å². The lowest BCUT2D eigenvalue weighted by Crippen LogP contribution is -1.99. The number of hydrogen-bond donors (Lipinski definition) is 0.